The van der Waals surface area contributed by atoms with Crippen molar-refractivity contribution in [1.82, 2.24) is 5.32 Å². The van der Waals surface area contributed by atoms with Crippen LogP contribution in [0.1, 0.15) is 11.1 Å². The Bertz CT molecular complexity index is 882. The quantitative estimate of drug-likeness (QED) is 0.492. The van der Waals surface area contributed by atoms with Crippen molar-refractivity contribution in [2.75, 3.05) is 13.2 Å². The summed E-state index contributed by atoms with van der Waals surface area (Å²) in [6, 6.07) is 9.80. The standard InChI is InChI=1S/C18H15ClN2O5/c19-14-4-1-12(9-15(14)21(23)24)3-6-18(22)20-11-13-2-5-16-17(10-13)26-8-7-25-16/h1-6,9-10H,7-8,11H2,(H,20,22)/b6-3+. The lowest BCUT2D eigenvalue weighted by molar-refractivity contribution is -0.384. The highest BCUT2D eigenvalue weighted by atomic mass is 35.5. The summed E-state index contributed by atoms with van der Waals surface area (Å²) in [6.45, 7) is 1.34. The molecule has 1 N–H and O–H groups in total. The third-order valence-electron chi connectivity index (χ3n) is 3.67. The third kappa shape index (κ3) is 4.31. The normalized spacial score (nSPS) is 12.8. The van der Waals surface area contributed by atoms with Crippen LogP contribution in [0.15, 0.2) is 42.5 Å². The van der Waals surface area contributed by atoms with Gasteiger partial charge in [0.15, 0.2) is 11.5 Å². The van der Waals surface area contributed by atoms with Crippen molar-refractivity contribution < 1.29 is 19.2 Å². The molecule has 2 aromatic carbocycles. The van der Waals surface area contributed by atoms with E-state index in [2.05, 4.69) is 5.32 Å². The van der Waals surface area contributed by atoms with Crippen LogP contribution in [0.5, 0.6) is 11.5 Å². The molecule has 0 fully saturated rings. The van der Waals surface area contributed by atoms with Gasteiger partial charge in [0.05, 0.1) is 4.92 Å². The van der Waals surface area contributed by atoms with Crippen molar-refractivity contribution in [3.63, 3.8) is 0 Å². The van der Waals surface area contributed by atoms with Crippen LogP contribution in [0.25, 0.3) is 6.08 Å². The van der Waals surface area contributed by atoms with Gasteiger partial charge in [0.25, 0.3) is 5.69 Å². The molecule has 1 amide bonds. The number of nitro groups is 1. The number of nitro benzene ring substituents is 1. The van der Waals surface area contributed by atoms with Gasteiger partial charge in [0.2, 0.25) is 5.91 Å². The Morgan fingerprint density at radius 1 is 1.19 bits per heavy atom. The van der Waals surface area contributed by atoms with Crippen molar-refractivity contribution in [2.45, 2.75) is 6.54 Å². The predicted molar refractivity (Wildman–Crippen MR) is 96.4 cm³/mol. The summed E-state index contributed by atoms with van der Waals surface area (Å²) in [6.07, 6.45) is 2.80. The van der Waals surface area contributed by atoms with Crippen LogP contribution in [0.4, 0.5) is 5.69 Å². The summed E-state index contributed by atoms with van der Waals surface area (Å²) in [4.78, 5) is 22.3. The maximum Gasteiger partial charge on any atom is 0.288 e. The Balaban J connectivity index is 1.60. The minimum Gasteiger partial charge on any atom is -0.486 e. The molecule has 3 rings (SSSR count). The van der Waals surface area contributed by atoms with Gasteiger partial charge in [-0.15, -0.1) is 0 Å². The number of hydrogen-bond donors (Lipinski definition) is 1. The van der Waals surface area contributed by atoms with Crippen LogP contribution < -0.4 is 14.8 Å². The maximum absolute atomic E-state index is 12.0. The first-order valence-corrected chi connectivity index (χ1v) is 8.19. The molecular formula is C18H15ClN2O5. The van der Waals surface area contributed by atoms with Gasteiger partial charge in [-0.1, -0.05) is 23.7 Å². The molecule has 8 heteroatoms. The number of halogens is 1. The topological polar surface area (TPSA) is 90.7 Å². The predicted octanol–water partition coefficient (Wildman–Crippen LogP) is 3.35. The molecule has 2 aromatic rings. The third-order valence-corrected chi connectivity index (χ3v) is 3.99. The van der Waals surface area contributed by atoms with Gasteiger partial charge in [0.1, 0.15) is 18.2 Å². The van der Waals surface area contributed by atoms with E-state index in [9.17, 15) is 14.9 Å². The number of ether oxygens (including phenoxy) is 2. The highest BCUT2D eigenvalue weighted by Gasteiger charge is 2.13. The summed E-state index contributed by atoms with van der Waals surface area (Å²) < 4.78 is 10.9. The van der Waals surface area contributed by atoms with Gasteiger partial charge in [0, 0.05) is 18.7 Å². The van der Waals surface area contributed by atoms with Crippen molar-refractivity contribution in [3.8, 4) is 11.5 Å². The zero-order valence-corrected chi connectivity index (χ0v) is 14.4. The molecular weight excluding hydrogens is 360 g/mol. The van der Waals surface area contributed by atoms with E-state index in [1.807, 2.05) is 12.1 Å². The van der Waals surface area contributed by atoms with E-state index >= 15 is 0 Å². The second kappa shape index (κ2) is 7.88. The van der Waals surface area contributed by atoms with Crippen molar-refractivity contribution >= 4 is 29.3 Å². The average Bonchev–Trinajstić information content (AvgIpc) is 2.65. The lowest BCUT2D eigenvalue weighted by Gasteiger charge is -2.18. The van der Waals surface area contributed by atoms with Crippen molar-refractivity contribution in [1.29, 1.82) is 0 Å². The second-order valence-electron chi connectivity index (χ2n) is 5.50. The zero-order chi connectivity index (χ0) is 18.5. The molecule has 0 saturated carbocycles. The number of amides is 1. The van der Waals surface area contributed by atoms with Crippen LogP contribution in [-0.4, -0.2) is 24.0 Å². The molecule has 7 nitrogen and oxygen atoms in total. The molecule has 1 heterocycles. The van der Waals surface area contributed by atoms with Gasteiger partial charge >= 0.3 is 0 Å². The van der Waals surface area contributed by atoms with Crippen LogP contribution >= 0.6 is 11.6 Å². The minimum absolute atomic E-state index is 0.0511. The summed E-state index contributed by atoms with van der Waals surface area (Å²) in [5.41, 5.74) is 1.18. The van der Waals surface area contributed by atoms with E-state index in [-0.39, 0.29) is 16.6 Å². The van der Waals surface area contributed by atoms with Crippen LogP contribution in [-0.2, 0) is 11.3 Å². The molecule has 0 spiro atoms. The molecule has 0 atom stereocenters. The summed E-state index contributed by atoms with van der Waals surface area (Å²) in [5.74, 6) is 1.03. The van der Waals surface area contributed by atoms with E-state index in [0.29, 0.717) is 36.8 Å². The van der Waals surface area contributed by atoms with E-state index in [1.165, 1.54) is 24.3 Å². The molecule has 134 valence electrons. The first-order chi connectivity index (χ1) is 12.5. The van der Waals surface area contributed by atoms with Crippen LogP contribution in [0, 0.1) is 10.1 Å². The Morgan fingerprint density at radius 3 is 2.73 bits per heavy atom. The fourth-order valence-corrected chi connectivity index (χ4v) is 2.58. The Kier molecular flexibility index (Phi) is 5.38. The smallest absolute Gasteiger partial charge is 0.288 e. The fraction of sp³-hybridized carbons (Fsp3) is 0.167. The van der Waals surface area contributed by atoms with Crippen molar-refractivity contribution in [2.24, 2.45) is 0 Å². The first-order valence-electron chi connectivity index (χ1n) is 7.81. The van der Waals surface area contributed by atoms with Gasteiger partial charge in [-0.25, -0.2) is 0 Å². The highest BCUT2D eigenvalue weighted by Crippen LogP contribution is 2.30. The number of nitrogens with one attached hydrogen (secondary N) is 1. The minimum atomic E-state index is -0.568. The molecule has 0 saturated heterocycles. The van der Waals surface area contributed by atoms with E-state index in [4.69, 9.17) is 21.1 Å². The van der Waals surface area contributed by atoms with Crippen molar-refractivity contribution in [3.05, 3.63) is 68.7 Å². The number of carbonyl (C=O) groups is 1. The number of benzene rings is 2. The highest BCUT2D eigenvalue weighted by molar-refractivity contribution is 6.32. The number of nitrogens with zero attached hydrogens (tertiary/aromatic N) is 1. The second-order valence-corrected chi connectivity index (χ2v) is 5.90. The number of carbonyl (C=O) groups excluding carboxylic acids is 1. The Morgan fingerprint density at radius 2 is 1.96 bits per heavy atom. The largest absolute Gasteiger partial charge is 0.486 e. The van der Waals surface area contributed by atoms with Gasteiger partial charge in [-0.05, 0) is 35.4 Å². The summed E-state index contributed by atoms with van der Waals surface area (Å²) >= 11 is 5.76. The Labute approximate surface area is 154 Å². The van der Waals surface area contributed by atoms with Crippen LogP contribution in [0.2, 0.25) is 5.02 Å². The Hall–Kier alpha value is -3.06. The zero-order valence-electron chi connectivity index (χ0n) is 13.6. The molecule has 0 aromatic heterocycles. The lowest BCUT2D eigenvalue weighted by Crippen LogP contribution is -2.20. The number of hydrogen-bond acceptors (Lipinski definition) is 5. The lowest BCUT2D eigenvalue weighted by atomic mass is 10.1. The summed E-state index contributed by atoms with van der Waals surface area (Å²) in [7, 11) is 0. The number of fused-ring (bicyclic) bond motifs is 1. The maximum atomic E-state index is 12.0. The molecule has 0 aliphatic carbocycles. The monoisotopic (exact) mass is 374 g/mol. The average molecular weight is 375 g/mol. The van der Waals surface area contributed by atoms with E-state index in [1.54, 1.807) is 12.1 Å². The van der Waals surface area contributed by atoms with Gasteiger partial charge in [-0.3, -0.25) is 14.9 Å². The van der Waals surface area contributed by atoms with E-state index < -0.39 is 4.92 Å². The number of rotatable bonds is 5. The molecule has 1 aliphatic heterocycles. The fourth-order valence-electron chi connectivity index (χ4n) is 2.39. The molecule has 0 unspecified atom stereocenters. The molecule has 0 radical (unpaired) electrons. The summed E-state index contributed by atoms with van der Waals surface area (Å²) in [5, 5.41) is 13.7. The van der Waals surface area contributed by atoms with Gasteiger partial charge < -0.3 is 14.8 Å². The molecule has 1 aliphatic rings. The first kappa shape index (κ1) is 17.8. The molecule has 0 bridgehead atoms. The SMILES string of the molecule is O=C(/C=C/c1ccc(Cl)c([N+](=O)[O-])c1)NCc1ccc2c(c1)OCCO2. The molecule has 26 heavy (non-hydrogen) atoms. The van der Waals surface area contributed by atoms with Crippen LogP contribution in [0.3, 0.4) is 0 Å². The van der Waals surface area contributed by atoms with Gasteiger partial charge in [-0.2, -0.15) is 0 Å². The van der Waals surface area contributed by atoms with E-state index in [0.717, 1.165) is 5.56 Å².